The van der Waals surface area contributed by atoms with E-state index in [0.29, 0.717) is 36.1 Å². The molecule has 226 valence electrons. The van der Waals surface area contributed by atoms with Gasteiger partial charge in [-0.3, -0.25) is 4.79 Å². The number of benzene rings is 3. The maximum atomic E-state index is 13.5. The van der Waals surface area contributed by atoms with Crippen LogP contribution in [0.5, 0.6) is 11.5 Å². The number of hydrogen-bond donors (Lipinski definition) is 1. The number of methoxy groups -OCH3 is 1. The summed E-state index contributed by atoms with van der Waals surface area (Å²) in [5, 5.41) is 6.14. The zero-order valence-corrected chi connectivity index (χ0v) is 26.5. The predicted molar refractivity (Wildman–Crippen MR) is 178 cm³/mol. The van der Waals surface area contributed by atoms with Crippen molar-refractivity contribution in [2.45, 2.75) is 53.2 Å². The third-order valence-electron chi connectivity index (χ3n) is 8.48. The first-order valence-electron chi connectivity index (χ1n) is 15.1. The van der Waals surface area contributed by atoms with E-state index in [1.807, 2.05) is 42.5 Å². The van der Waals surface area contributed by atoms with Crippen LogP contribution in [0.25, 0.3) is 10.8 Å². The highest BCUT2D eigenvalue weighted by atomic mass is 32.1. The number of amides is 1. The number of fused-ring (bicyclic) bond motifs is 2. The maximum Gasteiger partial charge on any atom is 0.255 e. The number of carbonyl (C=O) groups is 1. The van der Waals surface area contributed by atoms with Crippen LogP contribution in [-0.2, 0) is 26.0 Å². The molecule has 0 bridgehead atoms. The largest absolute Gasteiger partial charge is 0.493 e. The van der Waals surface area contributed by atoms with Crippen molar-refractivity contribution in [1.82, 2.24) is 5.32 Å². The van der Waals surface area contributed by atoms with Crippen LogP contribution in [0.4, 0.5) is 5.00 Å². The van der Waals surface area contributed by atoms with Gasteiger partial charge in [-0.15, -0.1) is 11.3 Å². The topological polar surface area (TPSA) is 73.1 Å². The third kappa shape index (κ3) is 6.43. The molecule has 0 radical (unpaired) electrons. The normalized spacial score (nSPS) is 15.0. The first kappa shape index (κ1) is 29.7. The number of thiophene rings is 1. The minimum absolute atomic E-state index is 0.116. The van der Waals surface area contributed by atoms with E-state index in [2.05, 4.69) is 56.4 Å². The summed E-state index contributed by atoms with van der Waals surface area (Å²) in [6, 6.07) is 24.0. The summed E-state index contributed by atoms with van der Waals surface area (Å²) in [6.07, 6.45) is 6.33. The molecule has 0 aliphatic heterocycles. The van der Waals surface area contributed by atoms with Crippen molar-refractivity contribution in [1.29, 1.82) is 0 Å². The van der Waals surface area contributed by atoms with Crippen LogP contribution in [0.3, 0.4) is 0 Å². The smallest absolute Gasteiger partial charge is 0.255 e. The molecule has 1 aliphatic rings. The molecule has 2 aromatic heterocycles. The molecule has 7 heteroatoms. The zero-order chi connectivity index (χ0) is 30.7. The zero-order valence-electron chi connectivity index (χ0n) is 25.7. The lowest BCUT2D eigenvalue weighted by molar-refractivity contribution is 0.0947. The van der Waals surface area contributed by atoms with Gasteiger partial charge in [-0.1, -0.05) is 63.2 Å². The van der Waals surface area contributed by atoms with Crippen LogP contribution >= 0.6 is 11.3 Å². The summed E-state index contributed by atoms with van der Waals surface area (Å²) in [4.78, 5) is 19.7. The van der Waals surface area contributed by atoms with Gasteiger partial charge in [0, 0.05) is 11.1 Å². The summed E-state index contributed by atoms with van der Waals surface area (Å²) in [5.41, 5.74) is 4.00. The Morgan fingerprint density at radius 3 is 2.70 bits per heavy atom. The molecule has 0 unspecified atom stereocenters. The molecule has 1 atom stereocenters. The average molecular weight is 607 g/mol. The average Bonchev–Trinajstić information content (AvgIpc) is 3.69. The minimum Gasteiger partial charge on any atom is -0.493 e. The minimum atomic E-state index is -0.116. The first-order valence-corrected chi connectivity index (χ1v) is 15.9. The second kappa shape index (κ2) is 12.7. The van der Waals surface area contributed by atoms with Gasteiger partial charge in [0.05, 0.1) is 25.5 Å². The van der Waals surface area contributed by atoms with Gasteiger partial charge in [0.25, 0.3) is 5.91 Å². The van der Waals surface area contributed by atoms with E-state index in [1.54, 1.807) is 30.9 Å². The Kier molecular flexibility index (Phi) is 8.58. The molecule has 6 nitrogen and oxygen atoms in total. The summed E-state index contributed by atoms with van der Waals surface area (Å²) in [5.74, 6) is 2.46. The molecule has 1 amide bonds. The van der Waals surface area contributed by atoms with Crippen LogP contribution in [0.2, 0.25) is 0 Å². The van der Waals surface area contributed by atoms with Crippen LogP contribution < -0.4 is 14.8 Å². The van der Waals surface area contributed by atoms with Gasteiger partial charge in [-0.25, -0.2) is 4.99 Å². The Morgan fingerprint density at radius 2 is 1.91 bits per heavy atom. The third-order valence-corrected chi connectivity index (χ3v) is 9.65. The molecule has 6 rings (SSSR count). The number of furan rings is 1. The molecule has 1 N–H and O–H groups in total. The molecular weight excluding hydrogens is 568 g/mol. The maximum absolute atomic E-state index is 13.5. The highest BCUT2D eigenvalue weighted by molar-refractivity contribution is 7.16. The van der Waals surface area contributed by atoms with E-state index in [9.17, 15) is 4.79 Å². The van der Waals surface area contributed by atoms with Crippen molar-refractivity contribution in [2.75, 3.05) is 7.11 Å². The SMILES string of the molecule is COc1cc(C=Nc2sc3c(c2C(=O)NCc2ccco2)CC[C@@H](C(C)(C)C)C3)ccc1OCc1cccc2ccccc12. The van der Waals surface area contributed by atoms with Crippen LogP contribution in [0.15, 0.2) is 88.5 Å². The van der Waals surface area contributed by atoms with Crippen LogP contribution in [-0.4, -0.2) is 19.2 Å². The van der Waals surface area contributed by atoms with E-state index >= 15 is 0 Å². The summed E-state index contributed by atoms with van der Waals surface area (Å²) in [7, 11) is 1.64. The lowest BCUT2D eigenvalue weighted by Crippen LogP contribution is -2.28. The predicted octanol–water partition coefficient (Wildman–Crippen LogP) is 8.91. The van der Waals surface area contributed by atoms with Gasteiger partial charge in [0.2, 0.25) is 0 Å². The van der Waals surface area contributed by atoms with Crippen molar-refractivity contribution in [2.24, 2.45) is 16.3 Å². The van der Waals surface area contributed by atoms with Gasteiger partial charge in [0.1, 0.15) is 17.4 Å². The second-order valence-electron chi connectivity index (χ2n) is 12.3. The molecule has 44 heavy (non-hydrogen) atoms. The number of rotatable bonds is 9. The van der Waals surface area contributed by atoms with Gasteiger partial charge in [-0.2, -0.15) is 0 Å². The number of ether oxygens (including phenoxy) is 2. The Labute approximate surface area is 262 Å². The Bertz CT molecular complexity index is 1790. The fourth-order valence-electron chi connectivity index (χ4n) is 5.90. The van der Waals surface area contributed by atoms with Gasteiger partial charge in [0.15, 0.2) is 11.5 Å². The first-order chi connectivity index (χ1) is 21.3. The monoisotopic (exact) mass is 606 g/mol. The Balaban J connectivity index is 1.24. The fraction of sp³-hybridized carbons (Fsp3) is 0.297. The van der Waals surface area contributed by atoms with Crippen molar-refractivity contribution < 1.29 is 18.7 Å². The van der Waals surface area contributed by atoms with Crippen molar-refractivity contribution in [3.63, 3.8) is 0 Å². The van der Waals surface area contributed by atoms with E-state index < -0.39 is 0 Å². The molecule has 1 aliphatic carbocycles. The Hall–Kier alpha value is -4.36. The van der Waals surface area contributed by atoms with E-state index in [1.165, 1.54) is 15.6 Å². The number of carbonyl (C=O) groups excluding carboxylic acids is 1. The fourth-order valence-corrected chi connectivity index (χ4v) is 7.16. The number of aliphatic imine (C=N–C) groups is 1. The van der Waals surface area contributed by atoms with Crippen molar-refractivity contribution in [3.8, 4) is 11.5 Å². The molecule has 0 saturated carbocycles. The van der Waals surface area contributed by atoms with Crippen molar-refractivity contribution >= 4 is 39.2 Å². The van der Waals surface area contributed by atoms with Gasteiger partial charge >= 0.3 is 0 Å². The number of nitrogens with one attached hydrogen (secondary N) is 1. The molecule has 0 saturated heterocycles. The number of hydrogen-bond acceptors (Lipinski definition) is 6. The van der Waals surface area contributed by atoms with Gasteiger partial charge < -0.3 is 19.2 Å². The molecule has 0 fully saturated rings. The molecule has 3 aromatic carbocycles. The van der Waals surface area contributed by atoms with Crippen LogP contribution in [0, 0.1) is 11.3 Å². The van der Waals surface area contributed by atoms with E-state index in [4.69, 9.17) is 18.9 Å². The lowest BCUT2D eigenvalue weighted by atomic mass is 9.72. The van der Waals surface area contributed by atoms with Gasteiger partial charge in [-0.05, 0) is 88.4 Å². The second-order valence-corrected chi connectivity index (χ2v) is 13.4. The summed E-state index contributed by atoms with van der Waals surface area (Å²) in [6.45, 7) is 7.67. The highest BCUT2D eigenvalue weighted by Crippen LogP contribution is 2.45. The molecule has 5 aromatic rings. The van der Waals surface area contributed by atoms with Crippen molar-refractivity contribution in [3.05, 3.63) is 112 Å². The van der Waals surface area contributed by atoms with E-state index in [-0.39, 0.29) is 11.3 Å². The molecule has 0 spiro atoms. The van der Waals surface area contributed by atoms with E-state index in [0.717, 1.165) is 46.7 Å². The summed E-state index contributed by atoms with van der Waals surface area (Å²) >= 11 is 1.63. The molecular formula is C37H38N2O4S. The number of nitrogens with zero attached hydrogens (tertiary/aromatic N) is 1. The standard InChI is InChI=1S/C37H38N2O4S/c1-37(2,3)27-15-16-30-33(20-27)44-36(34(30)35(40)38-22-28-12-8-18-42-28)39-21-24-14-17-31(32(19-24)41-4)43-23-26-11-7-10-25-9-5-6-13-29(25)26/h5-14,17-19,21,27H,15-16,20,22-23H2,1-4H3,(H,38,40)/t27-/m1/s1. The lowest BCUT2D eigenvalue weighted by Gasteiger charge is -2.33. The summed E-state index contributed by atoms with van der Waals surface area (Å²) < 4.78 is 17.3. The Morgan fingerprint density at radius 1 is 1.07 bits per heavy atom. The highest BCUT2D eigenvalue weighted by Gasteiger charge is 2.33. The quantitative estimate of drug-likeness (QED) is 0.170. The van der Waals surface area contributed by atoms with Crippen LogP contribution in [0.1, 0.15) is 64.9 Å². The molecule has 2 heterocycles.